The van der Waals surface area contributed by atoms with Gasteiger partial charge in [0.25, 0.3) is 0 Å². The number of sulfonamides is 1. The maximum Gasteiger partial charge on any atom is 0.328 e. The highest BCUT2D eigenvalue weighted by Crippen LogP contribution is 2.28. The summed E-state index contributed by atoms with van der Waals surface area (Å²) >= 11 is 0. The number of fused-ring (bicyclic) bond motifs is 1. The maximum absolute atomic E-state index is 13.2. The van der Waals surface area contributed by atoms with Gasteiger partial charge in [0.2, 0.25) is 10.0 Å². The molecule has 2 aromatic carbocycles. The minimum absolute atomic E-state index is 0.00191. The molecule has 0 aliphatic carbocycles. The highest BCUT2D eigenvalue weighted by Gasteiger charge is 2.28. The van der Waals surface area contributed by atoms with Gasteiger partial charge in [0.1, 0.15) is 0 Å². The van der Waals surface area contributed by atoms with Crippen molar-refractivity contribution < 1.29 is 22.9 Å². The van der Waals surface area contributed by atoms with E-state index in [1.165, 1.54) is 46.6 Å². The number of rotatable bonds is 8. The van der Waals surface area contributed by atoms with E-state index in [4.69, 9.17) is 4.74 Å². The first kappa shape index (κ1) is 23.2. The molecule has 1 heterocycles. The largest absolute Gasteiger partial charge is 0.490 e. The summed E-state index contributed by atoms with van der Waals surface area (Å²) in [7, 11) is 0.324. The van der Waals surface area contributed by atoms with Gasteiger partial charge in [-0.3, -0.25) is 24.0 Å². The number of methoxy groups -OCH3 is 1. The number of hydrogen-bond acceptors (Lipinski definition) is 7. The van der Waals surface area contributed by atoms with Crippen LogP contribution in [0.4, 0.5) is 5.69 Å². The Morgan fingerprint density at radius 3 is 2.38 bits per heavy atom. The average molecular weight is 462 g/mol. The van der Waals surface area contributed by atoms with E-state index in [9.17, 15) is 28.1 Å². The zero-order valence-corrected chi connectivity index (χ0v) is 18.7. The van der Waals surface area contributed by atoms with Gasteiger partial charge >= 0.3 is 11.4 Å². The third-order valence-corrected chi connectivity index (χ3v) is 7.17. The molecule has 170 valence electrons. The van der Waals surface area contributed by atoms with Crippen molar-refractivity contribution in [1.82, 2.24) is 13.4 Å². The molecule has 0 N–H and O–H groups in total. The predicted molar refractivity (Wildman–Crippen MR) is 117 cm³/mol. The fourth-order valence-electron chi connectivity index (χ4n) is 3.42. The van der Waals surface area contributed by atoms with Gasteiger partial charge < -0.3 is 4.74 Å². The molecule has 0 atom stereocenters. The molecular formula is C20H22N4O7S. The number of hydrogen-bond donors (Lipinski definition) is 0. The van der Waals surface area contributed by atoms with Gasteiger partial charge in [-0.2, -0.15) is 4.31 Å². The molecular weight excluding hydrogens is 440 g/mol. The van der Waals surface area contributed by atoms with Gasteiger partial charge in [0, 0.05) is 32.3 Å². The van der Waals surface area contributed by atoms with Crippen molar-refractivity contribution >= 4 is 32.5 Å². The molecule has 0 spiro atoms. The molecule has 0 aliphatic heterocycles. The lowest BCUT2D eigenvalue weighted by molar-refractivity contribution is -0.385. The van der Waals surface area contributed by atoms with E-state index in [1.807, 2.05) is 0 Å². The van der Waals surface area contributed by atoms with E-state index < -0.39 is 27.3 Å². The van der Waals surface area contributed by atoms with Gasteiger partial charge in [-0.25, -0.2) is 13.2 Å². The van der Waals surface area contributed by atoms with Gasteiger partial charge in [0.05, 0.1) is 34.5 Å². The second-order valence-electron chi connectivity index (χ2n) is 7.05. The Kier molecular flexibility index (Phi) is 6.19. The predicted octanol–water partition coefficient (Wildman–Crippen LogP) is 1.69. The van der Waals surface area contributed by atoms with Gasteiger partial charge in [0.15, 0.2) is 11.5 Å². The van der Waals surface area contributed by atoms with Gasteiger partial charge in [-0.05, 0) is 30.3 Å². The second-order valence-corrected chi connectivity index (χ2v) is 8.99. The Bertz CT molecular complexity index is 1390. The summed E-state index contributed by atoms with van der Waals surface area (Å²) in [4.78, 5) is 35.4. The fraction of sp³-hybridized carbons (Fsp3) is 0.300. The normalized spacial score (nSPS) is 11.8. The van der Waals surface area contributed by atoms with E-state index in [1.54, 1.807) is 21.0 Å². The van der Waals surface area contributed by atoms with Crippen LogP contribution in [0.15, 0.2) is 46.1 Å². The number of nitro groups is 1. The van der Waals surface area contributed by atoms with Crippen LogP contribution in [0.2, 0.25) is 0 Å². The SMILES string of the molecule is CCN(CC(=O)c1ccc(OC)c([N+](=O)[O-])c1)S(=O)(=O)c1ccc2c(c1)n(C)c(=O)n2C. The van der Waals surface area contributed by atoms with Gasteiger partial charge in [-0.15, -0.1) is 0 Å². The number of aromatic nitrogens is 2. The summed E-state index contributed by atoms with van der Waals surface area (Å²) < 4.78 is 35.1. The summed E-state index contributed by atoms with van der Waals surface area (Å²) in [6.45, 7) is 1.07. The van der Waals surface area contributed by atoms with Crippen LogP contribution in [0.25, 0.3) is 11.0 Å². The number of nitrogens with zero attached hydrogens (tertiary/aromatic N) is 4. The molecule has 12 heteroatoms. The summed E-state index contributed by atoms with van der Waals surface area (Å²) in [5.41, 5.74) is 0.317. The zero-order chi connectivity index (χ0) is 23.8. The van der Waals surface area contributed by atoms with Crippen LogP contribution in [-0.4, -0.2) is 52.8 Å². The van der Waals surface area contributed by atoms with Crippen LogP contribution >= 0.6 is 0 Å². The average Bonchev–Trinajstić information content (AvgIpc) is 3.00. The lowest BCUT2D eigenvalue weighted by atomic mass is 10.1. The van der Waals surface area contributed by atoms with Crippen molar-refractivity contribution in [3.8, 4) is 5.75 Å². The summed E-state index contributed by atoms with van der Waals surface area (Å²) in [5.74, 6) is -0.609. The Morgan fingerprint density at radius 2 is 1.78 bits per heavy atom. The minimum Gasteiger partial charge on any atom is -0.490 e. The highest BCUT2D eigenvalue weighted by molar-refractivity contribution is 7.89. The number of ketones is 1. The first-order chi connectivity index (χ1) is 15.0. The topological polar surface area (TPSA) is 134 Å². The molecule has 3 rings (SSSR count). The molecule has 0 saturated carbocycles. The van der Waals surface area contributed by atoms with Crippen LogP contribution < -0.4 is 10.4 Å². The first-order valence-electron chi connectivity index (χ1n) is 9.54. The van der Waals surface area contributed by atoms with E-state index in [0.717, 1.165) is 10.4 Å². The molecule has 0 radical (unpaired) electrons. The molecule has 0 bridgehead atoms. The molecule has 11 nitrogen and oxygen atoms in total. The monoisotopic (exact) mass is 462 g/mol. The number of carbonyl (C=O) groups excluding carboxylic acids is 1. The highest BCUT2D eigenvalue weighted by atomic mass is 32.2. The molecule has 0 amide bonds. The molecule has 0 aliphatic rings. The molecule has 0 saturated heterocycles. The molecule has 0 unspecified atom stereocenters. The molecule has 32 heavy (non-hydrogen) atoms. The third kappa shape index (κ3) is 3.89. The number of carbonyl (C=O) groups is 1. The van der Waals surface area contributed by atoms with Crippen LogP contribution in [-0.2, 0) is 24.1 Å². The Hall–Kier alpha value is -3.51. The van der Waals surface area contributed by atoms with E-state index >= 15 is 0 Å². The van der Waals surface area contributed by atoms with E-state index in [-0.39, 0.29) is 34.1 Å². The Morgan fingerprint density at radius 1 is 1.12 bits per heavy atom. The molecule has 0 fully saturated rings. The van der Waals surface area contributed by atoms with Crippen LogP contribution in [0.1, 0.15) is 17.3 Å². The van der Waals surface area contributed by atoms with Crippen molar-refractivity contribution in [3.63, 3.8) is 0 Å². The number of aryl methyl sites for hydroxylation is 2. The fourth-order valence-corrected chi connectivity index (χ4v) is 4.85. The number of benzene rings is 2. The Labute approximate surface area is 183 Å². The number of nitro benzene ring substituents is 1. The van der Waals surface area contributed by atoms with E-state index in [2.05, 4.69) is 0 Å². The quantitative estimate of drug-likeness (QED) is 0.282. The number of imidazole rings is 1. The van der Waals surface area contributed by atoms with Crippen LogP contribution in [0.3, 0.4) is 0 Å². The van der Waals surface area contributed by atoms with Crippen molar-refractivity contribution in [2.45, 2.75) is 11.8 Å². The number of Topliss-reactive ketones (excluding diaryl/α,β-unsaturated/α-hetero) is 1. The summed E-state index contributed by atoms with van der Waals surface area (Å²) in [6.07, 6.45) is 0. The molecule has 1 aromatic heterocycles. The maximum atomic E-state index is 13.2. The van der Waals surface area contributed by atoms with Crippen molar-refractivity contribution in [2.75, 3.05) is 20.2 Å². The third-order valence-electron chi connectivity index (χ3n) is 5.25. The van der Waals surface area contributed by atoms with Crippen molar-refractivity contribution in [3.05, 3.63) is 62.6 Å². The van der Waals surface area contributed by atoms with Crippen LogP contribution in [0, 0.1) is 10.1 Å². The zero-order valence-electron chi connectivity index (χ0n) is 17.9. The lowest BCUT2D eigenvalue weighted by Crippen LogP contribution is -2.35. The number of likely N-dealkylation sites (N-methyl/N-ethyl adjacent to an activating group) is 1. The summed E-state index contributed by atoms with van der Waals surface area (Å²) in [5, 5.41) is 11.2. The Balaban J connectivity index is 1.96. The second kappa shape index (κ2) is 8.55. The summed E-state index contributed by atoms with van der Waals surface area (Å²) in [6, 6.07) is 8.00. The lowest BCUT2D eigenvalue weighted by Gasteiger charge is -2.20. The smallest absolute Gasteiger partial charge is 0.328 e. The van der Waals surface area contributed by atoms with Crippen molar-refractivity contribution in [2.24, 2.45) is 14.1 Å². The van der Waals surface area contributed by atoms with Gasteiger partial charge in [-0.1, -0.05) is 6.92 Å². The standard InChI is InChI=1S/C20H22N4O7S/c1-5-23(12-18(25)13-6-9-19(31-4)17(10-13)24(27)28)32(29,30)14-7-8-15-16(11-14)22(3)20(26)21(15)2/h6-11H,5,12H2,1-4H3. The molecule has 3 aromatic rings. The van der Waals surface area contributed by atoms with E-state index in [0.29, 0.717) is 11.0 Å². The van der Waals surface area contributed by atoms with Crippen molar-refractivity contribution in [1.29, 1.82) is 0 Å². The first-order valence-corrected chi connectivity index (χ1v) is 11.0. The minimum atomic E-state index is -4.08. The van der Waals surface area contributed by atoms with Crippen LogP contribution in [0.5, 0.6) is 5.75 Å². The number of ether oxygens (including phenoxy) is 1.